The molecule has 0 unspecified atom stereocenters. The van der Waals surface area contributed by atoms with Crippen LogP contribution in [0.5, 0.6) is 23.0 Å². The first kappa shape index (κ1) is 24.4. The monoisotopic (exact) mass is 473 g/mol. The molecule has 0 bridgehead atoms. The van der Waals surface area contributed by atoms with Crippen molar-refractivity contribution < 1.29 is 31.7 Å². The number of ether oxygens (including phenoxy) is 4. The van der Waals surface area contributed by atoms with Crippen molar-refractivity contribution in [2.75, 3.05) is 40.0 Å². The average Bonchev–Trinajstić information content (AvgIpc) is 3.27. The topological polar surface area (TPSA) is 77.5 Å². The van der Waals surface area contributed by atoms with Crippen molar-refractivity contribution in [3.8, 4) is 23.0 Å². The van der Waals surface area contributed by atoms with E-state index in [1.165, 1.54) is 0 Å². The number of ketones is 1. The fourth-order valence-corrected chi connectivity index (χ4v) is 4.71. The molecule has 2 aliphatic rings. The van der Waals surface area contributed by atoms with Gasteiger partial charge in [0.15, 0.2) is 11.5 Å². The molecular formula is C27H39NO6. The third kappa shape index (κ3) is 6.21. The van der Waals surface area contributed by atoms with Crippen LogP contribution in [0.2, 0.25) is 0 Å². The predicted molar refractivity (Wildman–Crippen MR) is 133 cm³/mol. The summed E-state index contributed by atoms with van der Waals surface area (Å²) in [5.41, 5.74) is 0.753. The summed E-state index contributed by atoms with van der Waals surface area (Å²) in [4.78, 5) is 15.3. The highest BCUT2D eigenvalue weighted by Gasteiger charge is 2.30. The van der Waals surface area contributed by atoms with Crippen LogP contribution in [-0.4, -0.2) is 61.9 Å². The Balaban J connectivity index is 0.00000228. The van der Waals surface area contributed by atoms with E-state index in [-0.39, 0.29) is 14.6 Å². The maximum absolute atomic E-state index is 12.9. The van der Waals surface area contributed by atoms with Gasteiger partial charge in [-0.15, -0.1) is 0 Å². The first-order valence-corrected chi connectivity index (χ1v) is 12.1. The molecule has 3 atom stereocenters. The third-order valence-corrected chi connectivity index (χ3v) is 6.71. The molecule has 2 heterocycles. The molecule has 0 aromatic heterocycles. The fourth-order valence-electron chi connectivity index (χ4n) is 4.71. The van der Waals surface area contributed by atoms with E-state index in [9.17, 15) is 9.90 Å². The highest BCUT2D eigenvalue weighted by Crippen LogP contribution is 2.36. The second kappa shape index (κ2) is 11.6. The zero-order valence-corrected chi connectivity index (χ0v) is 20.1. The van der Waals surface area contributed by atoms with Gasteiger partial charge in [0.2, 0.25) is 0 Å². The molecule has 0 aliphatic carbocycles. The Labute approximate surface area is 204 Å². The van der Waals surface area contributed by atoms with E-state index in [1.807, 2.05) is 42.5 Å². The van der Waals surface area contributed by atoms with Crippen LogP contribution in [0.1, 0.15) is 47.1 Å². The Hall–Kier alpha value is -2.77. The molecule has 7 heteroatoms. The van der Waals surface area contributed by atoms with Crippen LogP contribution >= 0.6 is 0 Å². The highest BCUT2D eigenvalue weighted by molar-refractivity contribution is 5.78. The van der Waals surface area contributed by atoms with Crippen LogP contribution < -0.4 is 18.9 Å². The molecule has 0 amide bonds. The predicted octanol–water partition coefficient (Wildman–Crippen LogP) is 4.52. The SMILES string of the molecule is COc1ccc(OCCC(=O)C[C@H](CN2CCC[C@H]2C)[C@@H](O)c2ccc3c(c2)OCCO3)cc1.[HH].[HH]. The van der Waals surface area contributed by atoms with Crippen LogP contribution in [-0.2, 0) is 4.79 Å². The minimum absolute atomic E-state index is 0. The number of Topliss-reactive ketones (excluding diaryl/α,β-unsaturated/α-hetero) is 1. The van der Waals surface area contributed by atoms with Crippen molar-refractivity contribution in [2.24, 2.45) is 5.92 Å². The molecule has 0 saturated carbocycles. The van der Waals surface area contributed by atoms with E-state index >= 15 is 0 Å². The number of fused-ring (bicyclic) bond motifs is 1. The summed E-state index contributed by atoms with van der Waals surface area (Å²) in [6, 6.07) is 13.3. The summed E-state index contributed by atoms with van der Waals surface area (Å²) < 4.78 is 22.2. The van der Waals surface area contributed by atoms with Gasteiger partial charge < -0.3 is 29.0 Å². The van der Waals surface area contributed by atoms with Crippen molar-refractivity contribution >= 4 is 5.78 Å². The van der Waals surface area contributed by atoms with E-state index < -0.39 is 6.10 Å². The second-order valence-electron chi connectivity index (χ2n) is 9.11. The average molecular weight is 474 g/mol. The number of carbonyl (C=O) groups is 1. The van der Waals surface area contributed by atoms with Crippen LogP contribution in [0.3, 0.4) is 0 Å². The smallest absolute Gasteiger partial charge is 0.161 e. The molecule has 188 valence electrons. The molecular weight excluding hydrogens is 434 g/mol. The quantitative estimate of drug-likeness (QED) is 0.514. The number of benzene rings is 2. The van der Waals surface area contributed by atoms with E-state index in [2.05, 4.69) is 11.8 Å². The van der Waals surface area contributed by atoms with Gasteiger partial charge in [-0.3, -0.25) is 4.79 Å². The first-order valence-electron chi connectivity index (χ1n) is 12.1. The normalized spacial score (nSPS) is 19.4. The Bertz CT molecular complexity index is 958. The van der Waals surface area contributed by atoms with Crippen molar-refractivity contribution in [1.29, 1.82) is 0 Å². The van der Waals surface area contributed by atoms with Crippen molar-refractivity contribution in [3.05, 3.63) is 48.0 Å². The van der Waals surface area contributed by atoms with E-state index in [4.69, 9.17) is 18.9 Å². The summed E-state index contributed by atoms with van der Waals surface area (Å²) in [5, 5.41) is 11.3. The summed E-state index contributed by atoms with van der Waals surface area (Å²) in [6.45, 7) is 5.22. The summed E-state index contributed by atoms with van der Waals surface area (Å²) >= 11 is 0. The van der Waals surface area contributed by atoms with Crippen molar-refractivity contribution in [2.45, 2.75) is 44.8 Å². The zero-order valence-electron chi connectivity index (χ0n) is 20.1. The largest absolute Gasteiger partial charge is 0.497 e. The molecule has 4 rings (SSSR count). The van der Waals surface area contributed by atoms with Gasteiger partial charge in [-0.2, -0.15) is 0 Å². The molecule has 34 heavy (non-hydrogen) atoms. The number of aliphatic hydroxyl groups is 1. The minimum Gasteiger partial charge on any atom is -0.497 e. The zero-order chi connectivity index (χ0) is 23.9. The van der Waals surface area contributed by atoms with Gasteiger partial charge >= 0.3 is 0 Å². The number of hydrogen-bond donors (Lipinski definition) is 1. The molecule has 1 fully saturated rings. The number of hydrogen-bond acceptors (Lipinski definition) is 7. The van der Waals surface area contributed by atoms with Crippen LogP contribution in [0, 0.1) is 5.92 Å². The number of nitrogens with zero attached hydrogens (tertiary/aromatic N) is 1. The van der Waals surface area contributed by atoms with Crippen molar-refractivity contribution in [1.82, 2.24) is 4.90 Å². The first-order chi connectivity index (χ1) is 16.5. The van der Waals surface area contributed by atoms with Crippen LogP contribution in [0.15, 0.2) is 42.5 Å². The molecule has 7 nitrogen and oxygen atoms in total. The Morgan fingerprint density at radius 2 is 1.88 bits per heavy atom. The number of aliphatic hydroxyl groups excluding tert-OH is 1. The van der Waals surface area contributed by atoms with Crippen LogP contribution in [0.4, 0.5) is 0 Å². The van der Waals surface area contributed by atoms with Crippen molar-refractivity contribution in [3.63, 3.8) is 0 Å². The van der Waals surface area contributed by atoms with E-state index in [0.717, 1.165) is 30.7 Å². The Morgan fingerprint density at radius 3 is 2.59 bits per heavy atom. The lowest BCUT2D eigenvalue weighted by atomic mass is 9.89. The van der Waals surface area contributed by atoms with Gasteiger partial charge in [0.05, 0.1) is 19.8 Å². The number of carbonyl (C=O) groups excluding carboxylic acids is 1. The van der Waals surface area contributed by atoms with E-state index in [1.54, 1.807) is 7.11 Å². The number of rotatable bonds is 11. The maximum Gasteiger partial charge on any atom is 0.161 e. The molecule has 2 aromatic rings. The van der Waals surface area contributed by atoms with Gasteiger partial charge in [0.25, 0.3) is 0 Å². The van der Waals surface area contributed by atoms with Gasteiger partial charge in [0.1, 0.15) is 30.5 Å². The number of likely N-dealkylation sites (tertiary alicyclic amines) is 1. The molecule has 1 N–H and O–H groups in total. The number of methoxy groups -OCH3 is 1. The lowest BCUT2D eigenvalue weighted by Gasteiger charge is -2.30. The maximum atomic E-state index is 12.9. The summed E-state index contributed by atoms with van der Waals surface area (Å²) in [7, 11) is 1.62. The summed E-state index contributed by atoms with van der Waals surface area (Å²) in [5.74, 6) is 2.68. The van der Waals surface area contributed by atoms with Gasteiger partial charge in [-0.05, 0) is 68.3 Å². The fraction of sp³-hybridized carbons (Fsp3) is 0.519. The lowest BCUT2D eigenvalue weighted by molar-refractivity contribution is -0.121. The van der Waals surface area contributed by atoms with Gasteiger partial charge in [0, 0.05) is 34.2 Å². The molecule has 2 aromatic carbocycles. The third-order valence-electron chi connectivity index (χ3n) is 6.71. The lowest BCUT2D eigenvalue weighted by Crippen LogP contribution is -2.35. The van der Waals surface area contributed by atoms with E-state index in [0.29, 0.717) is 62.5 Å². The van der Waals surface area contributed by atoms with Crippen LogP contribution in [0.25, 0.3) is 0 Å². The second-order valence-corrected chi connectivity index (χ2v) is 9.11. The molecule has 1 saturated heterocycles. The standard InChI is InChI=1S/C27H35NO6.2H2/c1-19-4-3-12-28(19)18-21(27(30)20-5-10-25-26(17-20)34-15-14-33-25)16-22(29)11-13-32-24-8-6-23(31-2)7-9-24;;/h5-10,17,19,21,27,30H,3-4,11-16,18H2,1-2H3;2*1H/t19-,21-,27+;;/m1../s1. The minimum atomic E-state index is -0.768. The molecule has 0 radical (unpaired) electrons. The summed E-state index contributed by atoms with van der Waals surface area (Å²) in [6.07, 6.45) is 2.13. The molecule has 0 spiro atoms. The Morgan fingerprint density at radius 1 is 1.15 bits per heavy atom. The highest BCUT2D eigenvalue weighted by atomic mass is 16.6. The Kier molecular flexibility index (Phi) is 8.29. The molecule has 2 aliphatic heterocycles. The van der Waals surface area contributed by atoms with Gasteiger partial charge in [-0.1, -0.05) is 6.07 Å². The van der Waals surface area contributed by atoms with Gasteiger partial charge in [-0.25, -0.2) is 0 Å².